The van der Waals surface area contributed by atoms with E-state index in [1.54, 1.807) is 0 Å². The van der Waals surface area contributed by atoms with E-state index in [0.717, 1.165) is 12.3 Å². The van der Waals surface area contributed by atoms with Gasteiger partial charge in [-0.15, -0.1) is 0 Å². The van der Waals surface area contributed by atoms with Crippen molar-refractivity contribution in [1.82, 2.24) is 0 Å². The third-order valence-electron chi connectivity index (χ3n) is 2.65. The molecule has 64 valence electrons. The van der Waals surface area contributed by atoms with Gasteiger partial charge in [-0.05, 0) is 12.3 Å². The first-order valence-corrected chi connectivity index (χ1v) is 4.49. The molecule has 0 spiro atoms. The van der Waals surface area contributed by atoms with Gasteiger partial charge in [0.1, 0.15) is 0 Å². The van der Waals surface area contributed by atoms with Gasteiger partial charge in [0, 0.05) is 5.92 Å². The maximum Gasteiger partial charge on any atom is 0.220 e. The average molecular weight is 155 g/mol. The highest BCUT2D eigenvalue weighted by atomic mass is 16.1. The lowest BCUT2D eigenvalue weighted by Crippen LogP contribution is -2.22. The van der Waals surface area contributed by atoms with Crippen LogP contribution in [0.2, 0.25) is 0 Å². The van der Waals surface area contributed by atoms with Crippen molar-refractivity contribution >= 4 is 5.91 Å². The molecule has 1 aliphatic rings. The summed E-state index contributed by atoms with van der Waals surface area (Å²) >= 11 is 0. The lowest BCUT2D eigenvalue weighted by atomic mass is 9.94. The molecular weight excluding hydrogens is 138 g/mol. The van der Waals surface area contributed by atoms with Crippen LogP contribution in [0.1, 0.15) is 39.0 Å². The second-order valence-electron chi connectivity index (χ2n) is 3.69. The number of rotatable bonds is 3. The zero-order chi connectivity index (χ0) is 8.27. The summed E-state index contributed by atoms with van der Waals surface area (Å²) in [6.45, 7) is 1.93. The molecule has 1 amide bonds. The van der Waals surface area contributed by atoms with Crippen LogP contribution in [0.3, 0.4) is 0 Å². The van der Waals surface area contributed by atoms with Gasteiger partial charge in [-0.3, -0.25) is 4.79 Å². The third kappa shape index (κ3) is 2.52. The van der Waals surface area contributed by atoms with Crippen molar-refractivity contribution in [2.75, 3.05) is 0 Å². The minimum Gasteiger partial charge on any atom is -0.369 e. The molecule has 0 bridgehead atoms. The van der Waals surface area contributed by atoms with Crippen LogP contribution in [0.5, 0.6) is 0 Å². The fourth-order valence-corrected chi connectivity index (χ4v) is 1.86. The number of hydrogen-bond acceptors (Lipinski definition) is 1. The van der Waals surface area contributed by atoms with E-state index in [4.69, 9.17) is 5.73 Å². The van der Waals surface area contributed by atoms with Crippen molar-refractivity contribution in [1.29, 1.82) is 0 Å². The van der Waals surface area contributed by atoms with Gasteiger partial charge in [0.2, 0.25) is 5.91 Å². The van der Waals surface area contributed by atoms with Gasteiger partial charge in [0.25, 0.3) is 0 Å². The van der Waals surface area contributed by atoms with Gasteiger partial charge >= 0.3 is 0 Å². The highest BCUT2D eigenvalue weighted by Gasteiger charge is 2.19. The standard InChI is InChI=1S/C9H17NO/c1-7(9(10)11)6-8-4-2-3-5-8/h7-8H,2-6H2,1H3,(H2,10,11)/t7-/m0/s1. The van der Waals surface area contributed by atoms with Crippen LogP contribution in [0.4, 0.5) is 0 Å². The van der Waals surface area contributed by atoms with E-state index in [2.05, 4.69) is 0 Å². The summed E-state index contributed by atoms with van der Waals surface area (Å²) in [6.07, 6.45) is 6.30. The van der Waals surface area contributed by atoms with Crippen LogP contribution in [0.25, 0.3) is 0 Å². The molecule has 1 saturated carbocycles. The molecule has 1 fully saturated rings. The average Bonchev–Trinajstić information content (AvgIpc) is 2.39. The predicted molar refractivity (Wildman–Crippen MR) is 44.9 cm³/mol. The Morgan fingerprint density at radius 2 is 2.09 bits per heavy atom. The van der Waals surface area contributed by atoms with E-state index < -0.39 is 0 Å². The van der Waals surface area contributed by atoms with Crippen LogP contribution < -0.4 is 5.73 Å². The topological polar surface area (TPSA) is 43.1 Å². The highest BCUT2D eigenvalue weighted by Crippen LogP contribution is 2.29. The Morgan fingerprint density at radius 3 is 2.55 bits per heavy atom. The quantitative estimate of drug-likeness (QED) is 0.662. The number of primary amides is 1. The molecule has 0 aromatic rings. The molecule has 2 N–H and O–H groups in total. The molecule has 0 unspecified atom stereocenters. The number of carbonyl (C=O) groups is 1. The fourth-order valence-electron chi connectivity index (χ4n) is 1.86. The molecule has 2 heteroatoms. The molecule has 0 heterocycles. The molecular formula is C9H17NO. The Bertz CT molecular complexity index is 138. The molecule has 2 nitrogen and oxygen atoms in total. The van der Waals surface area contributed by atoms with Gasteiger partial charge in [0.05, 0.1) is 0 Å². The van der Waals surface area contributed by atoms with Gasteiger partial charge < -0.3 is 5.73 Å². The maximum absolute atomic E-state index is 10.7. The van der Waals surface area contributed by atoms with Gasteiger partial charge in [0.15, 0.2) is 0 Å². The second kappa shape index (κ2) is 3.74. The Balaban J connectivity index is 2.23. The maximum atomic E-state index is 10.7. The first kappa shape index (κ1) is 8.57. The van der Waals surface area contributed by atoms with Crippen molar-refractivity contribution < 1.29 is 4.79 Å². The SMILES string of the molecule is C[C@@H](CC1CCCC1)C(N)=O. The van der Waals surface area contributed by atoms with E-state index in [1.165, 1.54) is 25.7 Å². The number of amides is 1. The zero-order valence-corrected chi connectivity index (χ0v) is 7.18. The summed E-state index contributed by atoms with van der Waals surface area (Å²) in [5.41, 5.74) is 5.18. The van der Waals surface area contributed by atoms with E-state index in [1.807, 2.05) is 6.92 Å². The Kier molecular flexibility index (Phi) is 2.92. The van der Waals surface area contributed by atoms with E-state index >= 15 is 0 Å². The molecule has 0 aromatic heterocycles. The molecule has 0 radical (unpaired) electrons. The second-order valence-corrected chi connectivity index (χ2v) is 3.69. The molecule has 11 heavy (non-hydrogen) atoms. The summed E-state index contributed by atoms with van der Waals surface area (Å²) in [4.78, 5) is 10.7. The number of carbonyl (C=O) groups excluding carboxylic acids is 1. The van der Waals surface area contributed by atoms with Crippen LogP contribution in [0.15, 0.2) is 0 Å². The van der Waals surface area contributed by atoms with Crippen LogP contribution in [-0.2, 0) is 4.79 Å². The molecule has 1 atom stereocenters. The smallest absolute Gasteiger partial charge is 0.220 e. The van der Waals surface area contributed by atoms with Gasteiger partial charge in [-0.25, -0.2) is 0 Å². The molecule has 0 saturated heterocycles. The van der Waals surface area contributed by atoms with E-state index in [0.29, 0.717) is 0 Å². The monoisotopic (exact) mass is 155 g/mol. The normalized spacial score (nSPS) is 21.9. The number of nitrogens with two attached hydrogens (primary N) is 1. The van der Waals surface area contributed by atoms with Gasteiger partial charge in [-0.1, -0.05) is 32.6 Å². The summed E-state index contributed by atoms with van der Waals surface area (Å²) in [5.74, 6) is 0.715. The summed E-state index contributed by atoms with van der Waals surface area (Å²) < 4.78 is 0. The molecule has 1 rings (SSSR count). The number of hydrogen-bond donors (Lipinski definition) is 1. The Morgan fingerprint density at radius 1 is 1.55 bits per heavy atom. The van der Waals surface area contributed by atoms with Crippen molar-refractivity contribution in [3.63, 3.8) is 0 Å². The highest BCUT2D eigenvalue weighted by molar-refractivity contribution is 5.76. The van der Waals surface area contributed by atoms with Gasteiger partial charge in [-0.2, -0.15) is 0 Å². The van der Waals surface area contributed by atoms with Crippen molar-refractivity contribution in [2.45, 2.75) is 39.0 Å². The molecule has 0 aromatic carbocycles. The van der Waals surface area contributed by atoms with Crippen LogP contribution in [0, 0.1) is 11.8 Å². The first-order chi connectivity index (χ1) is 5.20. The third-order valence-corrected chi connectivity index (χ3v) is 2.65. The predicted octanol–water partition coefficient (Wildman–Crippen LogP) is 1.69. The summed E-state index contributed by atoms with van der Waals surface area (Å²) in [7, 11) is 0. The fraction of sp³-hybridized carbons (Fsp3) is 0.889. The first-order valence-electron chi connectivity index (χ1n) is 4.49. The van der Waals surface area contributed by atoms with E-state index in [-0.39, 0.29) is 11.8 Å². The minimum atomic E-state index is -0.142. The van der Waals surface area contributed by atoms with Crippen LogP contribution >= 0.6 is 0 Å². The summed E-state index contributed by atoms with van der Waals surface area (Å²) in [5, 5.41) is 0. The lowest BCUT2D eigenvalue weighted by Gasteiger charge is -2.12. The van der Waals surface area contributed by atoms with Crippen molar-refractivity contribution in [3.8, 4) is 0 Å². The Hall–Kier alpha value is -0.530. The largest absolute Gasteiger partial charge is 0.369 e. The van der Waals surface area contributed by atoms with Crippen molar-refractivity contribution in [3.05, 3.63) is 0 Å². The van der Waals surface area contributed by atoms with Crippen molar-refractivity contribution in [2.24, 2.45) is 17.6 Å². The zero-order valence-electron chi connectivity index (χ0n) is 7.18. The summed E-state index contributed by atoms with van der Waals surface area (Å²) in [6, 6.07) is 0. The molecule has 0 aliphatic heterocycles. The lowest BCUT2D eigenvalue weighted by molar-refractivity contribution is -0.121. The van der Waals surface area contributed by atoms with Crippen LogP contribution in [-0.4, -0.2) is 5.91 Å². The molecule has 1 aliphatic carbocycles. The Labute approximate surface area is 68.2 Å². The van der Waals surface area contributed by atoms with E-state index in [9.17, 15) is 4.79 Å². The minimum absolute atomic E-state index is 0.0816.